The van der Waals surface area contributed by atoms with E-state index in [1.54, 1.807) is 37.2 Å². The second-order valence-corrected chi connectivity index (χ2v) is 13.0. The molecule has 1 atom stereocenters. The minimum atomic E-state index is -2.33. The van der Waals surface area contributed by atoms with Crippen LogP contribution in [0.25, 0.3) is 0 Å². The predicted molar refractivity (Wildman–Crippen MR) is 159 cm³/mol. The summed E-state index contributed by atoms with van der Waals surface area (Å²) in [5.41, 5.74) is -1.47. The lowest BCUT2D eigenvalue weighted by molar-refractivity contribution is -0.972. The number of amides is 2. The Hall–Kier alpha value is -2.47. The quantitative estimate of drug-likeness (QED) is 0.152. The number of nitrogens with one attached hydrogen (secondary N) is 1. The van der Waals surface area contributed by atoms with Crippen LogP contribution in [0.15, 0.2) is 18.2 Å². The fraction of sp³-hybridized carbons (Fsp3) is 0.548. The summed E-state index contributed by atoms with van der Waals surface area (Å²) in [7, 11) is 4.79. The van der Waals surface area contributed by atoms with Crippen LogP contribution in [0.5, 0.6) is 0 Å². The van der Waals surface area contributed by atoms with Crippen LogP contribution in [-0.4, -0.2) is 92.0 Å². The Morgan fingerprint density at radius 3 is 2.00 bits per heavy atom. The van der Waals surface area contributed by atoms with Gasteiger partial charge in [-0.1, -0.05) is 29.3 Å². The first kappa shape index (κ1) is 34.4. The minimum Gasteiger partial charge on any atom is -0.343 e. The van der Waals surface area contributed by atoms with Gasteiger partial charge in [0.2, 0.25) is 5.82 Å². The number of likely N-dealkylation sites (N-methyl/N-ethyl adjacent to an activating group) is 2. The van der Waals surface area contributed by atoms with Crippen molar-refractivity contribution in [3.8, 4) is 0 Å². The lowest BCUT2D eigenvalue weighted by atomic mass is 9.79. The highest BCUT2D eigenvalue weighted by molar-refractivity contribution is 6.42. The Balaban J connectivity index is 1.71. The first-order chi connectivity index (χ1) is 20.8. The first-order valence-electron chi connectivity index (χ1n) is 14.8. The number of hydrogen-bond donors (Lipinski definition) is 1. The van der Waals surface area contributed by atoms with Gasteiger partial charge >= 0.3 is 0 Å². The molecule has 0 saturated carbocycles. The molecule has 1 unspecified atom stereocenters. The maximum atomic E-state index is 14.6. The fourth-order valence-corrected chi connectivity index (χ4v) is 7.37. The smallest absolute Gasteiger partial charge is 0.283 e. The number of piperidine rings is 2. The molecule has 1 N–H and O–H groups in total. The summed E-state index contributed by atoms with van der Waals surface area (Å²) in [5.74, 6) is -12.8. The molecule has 242 valence electrons. The number of nitrogens with zero attached hydrogens (tertiary/aromatic N) is 3. The second-order valence-electron chi connectivity index (χ2n) is 12.1. The van der Waals surface area contributed by atoms with Crippen molar-refractivity contribution in [2.45, 2.75) is 50.0 Å². The van der Waals surface area contributed by atoms with E-state index in [2.05, 4.69) is 5.32 Å². The summed E-state index contributed by atoms with van der Waals surface area (Å²) in [4.78, 5) is 29.7. The third kappa shape index (κ3) is 6.43. The van der Waals surface area contributed by atoms with Crippen LogP contribution in [0.2, 0.25) is 10.0 Å². The molecule has 2 aliphatic heterocycles. The molecule has 4 rings (SSSR count). The number of carbonyl (C=O) groups is 2. The number of rotatable bonds is 9. The maximum Gasteiger partial charge on any atom is 0.283 e. The normalized spacial score (nSPS) is 18.5. The molecule has 13 heteroatoms. The van der Waals surface area contributed by atoms with Crippen molar-refractivity contribution >= 4 is 35.0 Å². The van der Waals surface area contributed by atoms with E-state index < -0.39 is 52.0 Å². The monoisotopic (exact) mass is 663 g/mol. The van der Waals surface area contributed by atoms with Gasteiger partial charge in [0.25, 0.3) is 11.8 Å². The largest absolute Gasteiger partial charge is 0.343 e. The maximum absolute atomic E-state index is 14.6. The summed E-state index contributed by atoms with van der Waals surface area (Å²) in [5, 5.41) is 3.95. The van der Waals surface area contributed by atoms with Crippen molar-refractivity contribution < 1.29 is 36.0 Å². The van der Waals surface area contributed by atoms with Gasteiger partial charge in [0.1, 0.15) is 5.56 Å². The number of halogens is 7. The molecule has 2 aliphatic rings. The molecule has 2 amide bonds. The van der Waals surface area contributed by atoms with E-state index >= 15 is 0 Å². The van der Waals surface area contributed by atoms with Crippen LogP contribution in [0, 0.1) is 29.1 Å². The van der Waals surface area contributed by atoms with Gasteiger partial charge in [0, 0.05) is 66.0 Å². The van der Waals surface area contributed by atoms with Gasteiger partial charge < -0.3 is 19.6 Å². The fourth-order valence-electron chi connectivity index (χ4n) is 7.06. The van der Waals surface area contributed by atoms with Crippen LogP contribution in [0.4, 0.5) is 22.0 Å². The van der Waals surface area contributed by atoms with Crippen LogP contribution < -0.4 is 5.32 Å². The molecule has 2 aromatic carbocycles. The number of carbonyl (C=O) groups excluding carboxylic acids is 2. The molecule has 44 heavy (non-hydrogen) atoms. The van der Waals surface area contributed by atoms with Gasteiger partial charge in [-0.05, 0) is 37.0 Å². The number of hydrogen-bond acceptors (Lipinski definition) is 3. The van der Waals surface area contributed by atoms with Crippen molar-refractivity contribution in [3.05, 3.63) is 68.5 Å². The Morgan fingerprint density at radius 1 is 0.886 bits per heavy atom. The van der Waals surface area contributed by atoms with Gasteiger partial charge in [0.05, 0.1) is 29.7 Å². The van der Waals surface area contributed by atoms with E-state index in [0.29, 0.717) is 54.0 Å². The summed E-state index contributed by atoms with van der Waals surface area (Å²) in [6.07, 6.45) is 4.74. The zero-order valence-electron chi connectivity index (χ0n) is 25.1. The Kier molecular flexibility index (Phi) is 10.9. The third-order valence-electron chi connectivity index (χ3n) is 9.40. The van der Waals surface area contributed by atoms with E-state index in [4.69, 9.17) is 23.2 Å². The molecule has 0 spiro atoms. The molecule has 2 heterocycles. The molecule has 0 aliphatic carbocycles. The average Bonchev–Trinajstić information content (AvgIpc) is 3.02. The van der Waals surface area contributed by atoms with Crippen LogP contribution in [-0.2, 0) is 4.79 Å². The molecule has 6 nitrogen and oxygen atoms in total. The summed E-state index contributed by atoms with van der Waals surface area (Å²) < 4.78 is 71.2. The molecule has 2 fully saturated rings. The average molecular weight is 665 g/mol. The lowest BCUT2D eigenvalue weighted by Gasteiger charge is -2.56. The highest BCUT2D eigenvalue weighted by atomic mass is 35.5. The Labute approximate surface area is 264 Å². The molecule has 2 aromatic rings. The van der Waals surface area contributed by atoms with E-state index in [9.17, 15) is 31.5 Å². The summed E-state index contributed by atoms with van der Waals surface area (Å²) >= 11 is 12.5. The molecular formula is C31H38Cl2F5N4O2+. The van der Waals surface area contributed by atoms with Crippen molar-refractivity contribution in [2.24, 2.45) is 0 Å². The van der Waals surface area contributed by atoms with Gasteiger partial charge in [-0.15, -0.1) is 0 Å². The van der Waals surface area contributed by atoms with Crippen LogP contribution in [0.1, 0.15) is 60.4 Å². The van der Waals surface area contributed by atoms with E-state index in [0.717, 1.165) is 37.3 Å². The van der Waals surface area contributed by atoms with Gasteiger partial charge in [0.15, 0.2) is 28.8 Å². The van der Waals surface area contributed by atoms with Crippen molar-refractivity contribution in [2.75, 3.05) is 60.4 Å². The standard InChI is InChI=1S/C31H38Cl2F5N4O2/c1-40(2)30(44)31(10-12-39-13-11-31)42(14-5-4-6-15-42)16-9-20(19-7-8-21(32)22(33)17-19)18-41(3)29(43)23-24(34)26(36)28(38)27(37)25(23)35/h7-8,17,20,39H,4-6,9-16,18H2,1-3H3/q+1. The minimum absolute atomic E-state index is 0.0746. The van der Waals surface area contributed by atoms with Crippen molar-refractivity contribution in [1.82, 2.24) is 15.1 Å². The predicted octanol–water partition coefficient (Wildman–Crippen LogP) is 6.15. The van der Waals surface area contributed by atoms with E-state index in [1.807, 2.05) is 0 Å². The number of likely N-dealkylation sites (tertiary alicyclic amines) is 1. The highest BCUT2D eigenvalue weighted by Gasteiger charge is 2.57. The van der Waals surface area contributed by atoms with Gasteiger partial charge in [-0.3, -0.25) is 9.59 Å². The number of benzene rings is 2. The zero-order valence-corrected chi connectivity index (χ0v) is 26.6. The summed E-state index contributed by atoms with van der Waals surface area (Å²) in [6.45, 7) is 3.45. The van der Waals surface area contributed by atoms with E-state index in [-0.39, 0.29) is 17.5 Å². The van der Waals surface area contributed by atoms with E-state index in [1.165, 1.54) is 7.05 Å². The Morgan fingerprint density at radius 2 is 1.45 bits per heavy atom. The second kappa shape index (κ2) is 13.9. The van der Waals surface area contributed by atoms with Gasteiger partial charge in [-0.25, -0.2) is 22.0 Å². The molecular weight excluding hydrogens is 626 g/mol. The topological polar surface area (TPSA) is 52.7 Å². The zero-order chi connectivity index (χ0) is 32.4. The van der Waals surface area contributed by atoms with Crippen molar-refractivity contribution in [1.29, 1.82) is 0 Å². The molecule has 0 aromatic heterocycles. The van der Waals surface area contributed by atoms with Crippen LogP contribution in [0.3, 0.4) is 0 Å². The van der Waals surface area contributed by atoms with Crippen LogP contribution >= 0.6 is 23.2 Å². The molecule has 0 radical (unpaired) electrons. The molecule has 2 saturated heterocycles. The first-order valence-corrected chi connectivity index (χ1v) is 15.5. The van der Waals surface area contributed by atoms with Gasteiger partial charge in [-0.2, -0.15) is 0 Å². The Bertz CT molecular complexity index is 1370. The summed E-state index contributed by atoms with van der Waals surface area (Å²) in [6, 6.07) is 4.99. The molecule has 0 bridgehead atoms. The SMILES string of the molecule is CN(C)C(=O)C1([N+]2(CCC(CN(C)C(=O)c3c(F)c(F)c(F)c(F)c3F)c3ccc(Cl)c(Cl)c3)CCCCC2)CCNCC1. The lowest BCUT2D eigenvalue weighted by Crippen LogP contribution is -2.74. The third-order valence-corrected chi connectivity index (χ3v) is 10.1. The van der Waals surface area contributed by atoms with Crippen molar-refractivity contribution in [3.63, 3.8) is 0 Å². The number of quaternary nitrogens is 1. The highest BCUT2D eigenvalue weighted by Crippen LogP contribution is 2.41.